The summed E-state index contributed by atoms with van der Waals surface area (Å²) in [5.74, 6) is -0.405. The Morgan fingerprint density at radius 2 is 1.52 bits per heavy atom. The molecule has 0 saturated heterocycles. The molecule has 0 spiro atoms. The molecule has 1 rings (SSSR count). The smallest absolute Gasteiger partial charge is 0.343 e. The summed E-state index contributed by atoms with van der Waals surface area (Å²) in [4.78, 5) is 27.7. The summed E-state index contributed by atoms with van der Waals surface area (Å²) in [6.07, 6.45) is 11.4. The van der Waals surface area contributed by atoms with Crippen molar-refractivity contribution in [3.8, 4) is 0 Å². The van der Waals surface area contributed by atoms with Gasteiger partial charge in [0, 0.05) is 0 Å². The van der Waals surface area contributed by atoms with Gasteiger partial charge in [0.2, 0.25) is 0 Å². The van der Waals surface area contributed by atoms with E-state index in [9.17, 15) is 9.59 Å². The van der Waals surface area contributed by atoms with E-state index in [4.69, 9.17) is 4.74 Å². The molecule has 144 valence electrons. The molecular weight excluding hydrogens is 318 g/mol. The topological polar surface area (TPSA) is 65.0 Å². The van der Waals surface area contributed by atoms with Gasteiger partial charge in [-0.3, -0.25) is 4.79 Å². The van der Waals surface area contributed by atoms with Gasteiger partial charge in [0.1, 0.15) is 5.92 Å². The van der Waals surface area contributed by atoms with Crippen LogP contribution in [0.3, 0.4) is 0 Å². The highest BCUT2D eigenvalue weighted by Gasteiger charge is 2.28. The van der Waals surface area contributed by atoms with Crippen LogP contribution in [0, 0.1) is 11.3 Å². The molecule has 0 amide bonds. The molecule has 1 heterocycles. The highest BCUT2D eigenvalue weighted by atomic mass is 16.7. The molecule has 0 aromatic heterocycles. The van der Waals surface area contributed by atoms with Gasteiger partial charge < -0.3 is 9.57 Å². The van der Waals surface area contributed by atoms with Crippen molar-refractivity contribution in [3.63, 3.8) is 0 Å². The Hall–Kier alpha value is -1.39. The molecule has 0 saturated carbocycles. The van der Waals surface area contributed by atoms with Gasteiger partial charge in [0.15, 0.2) is 0 Å². The average molecular weight is 354 g/mol. The van der Waals surface area contributed by atoms with Crippen LogP contribution in [0.2, 0.25) is 0 Å². The van der Waals surface area contributed by atoms with Crippen molar-refractivity contribution in [1.82, 2.24) is 0 Å². The Kier molecular flexibility index (Phi) is 9.76. The molecule has 1 aliphatic rings. The molecule has 0 fully saturated rings. The Morgan fingerprint density at radius 1 is 1.00 bits per heavy atom. The summed E-state index contributed by atoms with van der Waals surface area (Å²) < 4.78 is 5.26. The van der Waals surface area contributed by atoms with Crippen LogP contribution in [-0.2, 0) is 19.2 Å². The lowest BCUT2D eigenvalue weighted by Crippen LogP contribution is -2.23. The SMILES string of the molecule is CC1=NOC(=O)C1CCCCCCCCCCCOC(=O)C(C)(C)C. The summed E-state index contributed by atoms with van der Waals surface area (Å²) in [7, 11) is 0. The van der Waals surface area contributed by atoms with Gasteiger partial charge >= 0.3 is 11.9 Å². The van der Waals surface area contributed by atoms with Crippen molar-refractivity contribution in [1.29, 1.82) is 0 Å². The molecule has 1 atom stereocenters. The quantitative estimate of drug-likeness (QED) is 0.280. The van der Waals surface area contributed by atoms with Crippen LogP contribution >= 0.6 is 0 Å². The normalized spacial score (nSPS) is 17.4. The summed E-state index contributed by atoms with van der Waals surface area (Å²) in [6, 6.07) is 0. The van der Waals surface area contributed by atoms with Gasteiger partial charge in [-0.1, -0.05) is 56.5 Å². The Labute approximate surface area is 152 Å². The lowest BCUT2D eigenvalue weighted by molar-refractivity contribution is -0.153. The average Bonchev–Trinajstić information content (AvgIpc) is 2.86. The number of ether oxygens (including phenoxy) is 1. The number of nitrogens with zero attached hydrogens (tertiary/aromatic N) is 1. The second-order valence-electron chi connectivity index (χ2n) is 8.05. The lowest BCUT2D eigenvalue weighted by Gasteiger charge is -2.16. The maximum Gasteiger partial charge on any atom is 0.343 e. The minimum Gasteiger partial charge on any atom is -0.465 e. The van der Waals surface area contributed by atoms with Crippen molar-refractivity contribution in [3.05, 3.63) is 0 Å². The molecule has 0 radical (unpaired) electrons. The first-order chi connectivity index (χ1) is 11.8. The zero-order valence-electron chi connectivity index (χ0n) is 16.4. The fourth-order valence-corrected chi connectivity index (χ4v) is 2.81. The zero-order valence-corrected chi connectivity index (χ0v) is 16.4. The van der Waals surface area contributed by atoms with Crippen LogP contribution in [-0.4, -0.2) is 24.3 Å². The van der Waals surface area contributed by atoms with Crippen LogP contribution in [0.5, 0.6) is 0 Å². The summed E-state index contributed by atoms with van der Waals surface area (Å²) in [5, 5.41) is 3.73. The minimum absolute atomic E-state index is 0.104. The number of hydrogen-bond acceptors (Lipinski definition) is 5. The maximum atomic E-state index is 11.6. The third kappa shape index (κ3) is 9.03. The van der Waals surface area contributed by atoms with Gasteiger partial charge in [-0.15, -0.1) is 0 Å². The van der Waals surface area contributed by atoms with Crippen molar-refractivity contribution >= 4 is 17.7 Å². The third-order valence-electron chi connectivity index (χ3n) is 4.55. The number of carbonyl (C=O) groups is 2. The molecule has 5 heteroatoms. The molecule has 5 nitrogen and oxygen atoms in total. The minimum atomic E-state index is -0.399. The fraction of sp³-hybridized carbons (Fsp3) is 0.850. The first-order valence-electron chi connectivity index (χ1n) is 9.75. The van der Waals surface area contributed by atoms with E-state index in [2.05, 4.69) is 9.99 Å². The van der Waals surface area contributed by atoms with E-state index in [-0.39, 0.29) is 17.9 Å². The van der Waals surface area contributed by atoms with E-state index in [0.29, 0.717) is 6.61 Å². The Bertz CT molecular complexity index is 451. The number of unbranched alkanes of at least 4 members (excludes halogenated alkanes) is 8. The molecule has 0 aromatic rings. The van der Waals surface area contributed by atoms with E-state index in [1.54, 1.807) is 0 Å². The van der Waals surface area contributed by atoms with Gasteiger partial charge in [-0.25, -0.2) is 4.79 Å². The summed E-state index contributed by atoms with van der Waals surface area (Å²) in [6.45, 7) is 8.04. The molecule has 0 N–H and O–H groups in total. The largest absolute Gasteiger partial charge is 0.465 e. The Morgan fingerprint density at radius 3 is 2.00 bits per heavy atom. The summed E-state index contributed by atoms with van der Waals surface area (Å²) >= 11 is 0. The first kappa shape index (κ1) is 21.7. The molecule has 1 aliphatic heterocycles. The van der Waals surface area contributed by atoms with E-state index < -0.39 is 5.41 Å². The van der Waals surface area contributed by atoms with Crippen LogP contribution in [0.1, 0.15) is 91.9 Å². The van der Waals surface area contributed by atoms with Crippen LogP contribution in [0.25, 0.3) is 0 Å². The predicted molar refractivity (Wildman–Crippen MR) is 99.3 cm³/mol. The molecular formula is C20H35NO4. The molecule has 1 unspecified atom stereocenters. The van der Waals surface area contributed by atoms with Crippen LogP contribution in [0.15, 0.2) is 5.16 Å². The van der Waals surface area contributed by atoms with Gasteiger partial charge in [-0.2, -0.15) is 0 Å². The van der Waals surface area contributed by atoms with E-state index in [1.165, 1.54) is 38.5 Å². The number of rotatable bonds is 12. The van der Waals surface area contributed by atoms with Crippen LogP contribution in [0.4, 0.5) is 0 Å². The first-order valence-corrected chi connectivity index (χ1v) is 9.75. The lowest BCUT2D eigenvalue weighted by atomic mass is 9.97. The monoisotopic (exact) mass is 353 g/mol. The third-order valence-corrected chi connectivity index (χ3v) is 4.55. The van der Waals surface area contributed by atoms with Crippen molar-refractivity contribution in [2.24, 2.45) is 16.5 Å². The second kappa shape index (κ2) is 11.3. The molecule has 0 bridgehead atoms. The van der Waals surface area contributed by atoms with Crippen molar-refractivity contribution in [2.75, 3.05) is 6.61 Å². The number of oxime groups is 1. The highest BCUT2D eigenvalue weighted by molar-refractivity contribution is 6.03. The van der Waals surface area contributed by atoms with Crippen molar-refractivity contribution in [2.45, 2.75) is 91.9 Å². The number of carbonyl (C=O) groups excluding carboxylic acids is 2. The van der Waals surface area contributed by atoms with E-state index in [0.717, 1.165) is 31.4 Å². The van der Waals surface area contributed by atoms with Crippen LogP contribution < -0.4 is 0 Å². The molecule has 25 heavy (non-hydrogen) atoms. The summed E-state index contributed by atoms with van der Waals surface area (Å²) in [5.41, 5.74) is 0.419. The van der Waals surface area contributed by atoms with Crippen molar-refractivity contribution < 1.29 is 19.2 Å². The van der Waals surface area contributed by atoms with Gasteiger partial charge in [-0.05, 0) is 40.5 Å². The fourth-order valence-electron chi connectivity index (χ4n) is 2.81. The number of hydrogen-bond donors (Lipinski definition) is 0. The zero-order chi connectivity index (χ0) is 18.7. The predicted octanol–water partition coefficient (Wildman–Crippen LogP) is 5.03. The van der Waals surface area contributed by atoms with E-state index >= 15 is 0 Å². The second-order valence-corrected chi connectivity index (χ2v) is 8.05. The van der Waals surface area contributed by atoms with Gasteiger partial charge in [0.25, 0.3) is 0 Å². The van der Waals surface area contributed by atoms with E-state index in [1.807, 2.05) is 27.7 Å². The molecule has 0 aliphatic carbocycles. The number of esters is 1. The Balaban J connectivity index is 1.84. The highest BCUT2D eigenvalue weighted by Crippen LogP contribution is 2.20. The maximum absolute atomic E-state index is 11.6. The van der Waals surface area contributed by atoms with Gasteiger partial charge in [0.05, 0.1) is 17.7 Å². The standard InChI is InChI=1S/C20H35NO4/c1-16-17(18(22)25-21-16)14-12-10-8-6-5-7-9-11-13-15-24-19(23)20(2,3)4/h17H,5-15H2,1-4H3. The molecule has 0 aromatic carbocycles.